The summed E-state index contributed by atoms with van der Waals surface area (Å²) < 4.78 is 5.80. The molecule has 0 bridgehead atoms. The molecule has 8 heteroatoms. The van der Waals surface area contributed by atoms with Crippen LogP contribution in [0.25, 0.3) is 17.0 Å². The maximum atomic E-state index is 6.04. The Kier molecular flexibility index (Phi) is 7.41. The van der Waals surface area contributed by atoms with E-state index >= 15 is 0 Å². The summed E-state index contributed by atoms with van der Waals surface area (Å²) >= 11 is 13.5. The number of nitrogens with one attached hydrogen (secondary N) is 1. The zero-order valence-electron chi connectivity index (χ0n) is 19.1. The third-order valence-corrected chi connectivity index (χ3v) is 7.07. The standard InChI is InChI=1S/C25H27ClN4OS2/c1-15(2)13-14-30-16(3)21(22(27-25(30)32)17-7-11-20(33-4)12-8-17)24-28-23(29-31-24)18-5-9-19(26)10-6-18/h5-12,15,22H,13-14H2,1-4H3,(H,27,32). The summed E-state index contributed by atoms with van der Waals surface area (Å²) in [5.41, 5.74) is 3.92. The third kappa shape index (κ3) is 5.26. The van der Waals surface area contributed by atoms with Gasteiger partial charge in [-0.05, 0) is 79.7 Å². The molecular formula is C25H27ClN4OS2. The van der Waals surface area contributed by atoms with Gasteiger partial charge in [-0.1, -0.05) is 42.7 Å². The van der Waals surface area contributed by atoms with Gasteiger partial charge in [0, 0.05) is 27.7 Å². The van der Waals surface area contributed by atoms with Gasteiger partial charge in [-0.2, -0.15) is 4.98 Å². The highest BCUT2D eigenvalue weighted by Crippen LogP contribution is 2.38. The third-order valence-electron chi connectivity index (χ3n) is 5.73. The van der Waals surface area contributed by atoms with E-state index in [-0.39, 0.29) is 6.04 Å². The minimum absolute atomic E-state index is 0.178. The smallest absolute Gasteiger partial charge is 0.258 e. The topological polar surface area (TPSA) is 54.2 Å². The Labute approximate surface area is 209 Å². The summed E-state index contributed by atoms with van der Waals surface area (Å²) in [6.07, 6.45) is 3.10. The number of hydrogen-bond donors (Lipinski definition) is 1. The van der Waals surface area contributed by atoms with Crippen molar-refractivity contribution in [3.05, 3.63) is 70.7 Å². The van der Waals surface area contributed by atoms with E-state index in [1.54, 1.807) is 11.8 Å². The average Bonchev–Trinajstić information content (AvgIpc) is 3.28. The fraction of sp³-hybridized carbons (Fsp3) is 0.320. The molecular weight excluding hydrogens is 472 g/mol. The monoisotopic (exact) mass is 498 g/mol. The van der Waals surface area contributed by atoms with Gasteiger partial charge >= 0.3 is 0 Å². The number of benzene rings is 2. The fourth-order valence-corrected chi connectivity index (χ4v) is 4.69. The van der Waals surface area contributed by atoms with Crippen LogP contribution >= 0.6 is 35.6 Å². The Balaban J connectivity index is 1.77. The summed E-state index contributed by atoms with van der Waals surface area (Å²) in [4.78, 5) is 8.11. The molecule has 1 aromatic heterocycles. The minimum atomic E-state index is -0.178. The molecule has 2 heterocycles. The van der Waals surface area contributed by atoms with E-state index in [1.165, 1.54) is 4.90 Å². The highest BCUT2D eigenvalue weighted by atomic mass is 35.5. The van der Waals surface area contributed by atoms with Gasteiger partial charge in [0.15, 0.2) is 5.11 Å². The second-order valence-electron chi connectivity index (χ2n) is 8.42. The van der Waals surface area contributed by atoms with E-state index in [4.69, 9.17) is 33.3 Å². The van der Waals surface area contributed by atoms with E-state index < -0.39 is 0 Å². The SMILES string of the molecule is CSc1ccc(C2NC(=S)N(CCC(C)C)C(C)=C2c2nc(-c3ccc(Cl)cc3)no2)cc1. The summed E-state index contributed by atoms with van der Waals surface area (Å²) in [6.45, 7) is 7.34. The first-order chi connectivity index (χ1) is 15.9. The Morgan fingerprint density at radius 2 is 1.85 bits per heavy atom. The van der Waals surface area contributed by atoms with Crippen LogP contribution in [0.4, 0.5) is 0 Å². The number of aromatic nitrogens is 2. The molecule has 0 fully saturated rings. The van der Waals surface area contributed by atoms with Crippen molar-refractivity contribution >= 4 is 46.3 Å². The zero-order chi connectivity index (χ0) is 23.5. The molecule has 33 heavy (non-hydrogen) atoms. The first-order valence-corrected chi connectivity index (χ1v) is 12.9. The van der Waals surface area contributed by atoms with Gasteiger partial charge in [0.25, 0.3) is 5.89 Å². The van der Waals surface area contributed by atoms with Crippen LogP contribution in [-0.2, 0) is 0 Å². The molecule has 0 amide bonds. The van der Waals surface area contributed by atoms with Crippen molar-refractivity contribution in [3.63, 3.8) is 0 Å². The number of thioether (sulfide) groups is 1. The normalized spacial score (nSPS) is 16.5. The van der Waals surface area contributed by atoms with Crippen LogP contribution in [0.15, 0.2) is 63.6 Å². The molecule has 0 aliphatic carbocycles. The van der Waals surface area contributed by atoms with Gasteiger partial charge in [-0.15, -0.1) is 11.8 Å². The fourth-order valence-electron chi connectivity index (χ4n) is 3.81. The van der Waals surface area contributed by atoms with E-state index in [0.29, 0.717) is 27.8 Å². The van der Waals surface area contributed by atoms with Crippen LogP contribution in [0.5, 0.6) is 0 Å². The second-order valence-corrected chi connectivity index (χ2v) is 10.1. The lowest BCUT2D eigenvalue weighted by Crippen LogP contribution is -2.46. The van der Waals surface area contributed by atoms with Crippen molar-refractivity contribution < 1.29 is 4.52 Å². The van der Waals surface area contributed by atoms with Crippen molar-refractivity contribution in [2.75, 3.05) is 12.8 Å². The summed E-state index contributed by atoms with van der Waals surface area (Å²) in [5, 5.41) is 9.16. The number of halogens is 1. The lowest BCUT2D eigenvalue weighted by molar-refractivity contribution is 0.390. The molecule has 2 aromatic carbocycles. The summed E-state index contributed by atoms with van der Waals surface area (Å²) in [7, 11) is 0. The lowest BCUT2D eigenvalue weighted by Gasteiger charge is -2.37. The van der Waals surface area contributed by atoms with Crippen LogP contribution < -0.4 is 5.32 Å². The molecule has 1 aliphatic rings. The van der Waals surface area contributed by atoms with Crippen molar-refractivity contribution in [2.45, 2.75) is 38.1 Å². The molecule has 0 saturated carbocycles. The molecule has 0 saturated heterocycles. The molecule has 0 spiro atoms. The minimum Gasteiger partial charge on any atom is -0.351 e. The number of nitrogens with zero attached hydrogens (tertiary/aromatic N) is 3. The van der Waals surface area contributed by atoms with Gasteiger partial charge in [0.05, 0.1) is 11.6 Å². The highest BCUT2D eigenvalue weighted by molar-refractivity contribution is 7.98. The number of rotatable bonds is 7. The zero-order valence-corrected chi connectivity index (χ0v) is 21.5. The van der Waals surface area contributed by atoms with Gasteiger partial charge in [-0.3, -0.25) is 0 Å². The molecule has 1 atom stereocenters. The van der Waals surface area contributed by atoms with Crippen molar-refractivity contribution in [2.24, 2.45) is 5.92 Å². The molecule has 1 N–H and O–H groups in total. The maximum Gasteiger partial charge on any atom is 0.258 e. The van der Waals surface area contributed by atoms with Crippen LogP contribution in [0.3, 0.4) is 0 Å². The largest absolute Gasteiger partial charge is 0.351 e. The second kappa shape index (κ2) is 10.3. The lowest BCUT2D eigenvalue weighted by atomic mass is 9.94. The quantitative estimate of drug-likeness (QED) is 0.283. The number of hydrogen-bond acceptors (Lipinski definition) is 5. The molecule has 0 radical (unpaired) electrons. The van der Waals surface area contributed by atoms with Crippen LogP contribution in [-0.4, -0.2) is 33.0 Å². The molecule has 1 aliphatic heterocycles. The summed E-state index contributed by atoms with van der Waals surface area (Å²) in [6, 6.07) is 15.7. The Morgan fingerprint density at radius 1 is 1.15 bits per heavy atom. The number of allylic oxidation sites excluding steroid dienone is 1. The molecule has 3 aromatic rings. The van der Waals surface area contributed by atoms with Crippen molar-refractivity contribution in [1.29, 1.82) is 0 Å². The van der Waals surface area contributed by atoms with Crippen molar-refractivity contribution in [1.82, 2.24) is 20.4 Å². The predicted molar refractivity (Wildman–Crippen MR) is 140 cm³/mol. The first-order valence-electron chi connectivity index (χ1n) is 10.9. The Bertz CT molecular complexity index is 1160. The average molecular weight is 499 g/mol. The van der Waals surface area contributed by atoms with Gasteiger partial charge in [0.2, 0.25) is 5.82 Å². The summed E-state index contributed by atoms with van der Waals surface area (Å²) in [5.74, 6) is 1.59. The van der Waals surface area contributed by atoms with Crippen molar-refractivity contribution in [3.8, 4) is 11.4 Å². The van der Waals surface area contributed by atoms with E-state index in [1.807, 2.05) is 24.3 Å². The molecule has 1 unspecified atom stereocenters. The van der Waals surface area contributed by atoms with Crippen LogP contribution in [0.2, 0.25) is 5.02 Å². The highest BCUT2D eigenvalue weighted by Gasteiger charge is 2.34. The molecule has 5 nitrogen and oxygen atoms in total. The van der Waals surface area contributed by atoms with Gasteiger partial charge < -0.3 is 14.7 Å². The first kappa shape index (κ1) is 23.8. The number of thiocarbonyl (C=S) groups is 1. The van der Waals surface area contributed by atoms with E-state index in [9.17, 15) is 0 Å². The van der Waals surface area contributed by atoms with Crippen LogP contribution in [0, 0.1) is 5.92 Å². The molecule has 4 rings (SSSR count). The van der Waals surface area contributed by atoms with Crippen LogP contribution in [0.1, 0.15) is 44.7 Å². The molecule has 172 valence electrons. The predicted octanol–water partition coefficient (Wildman–Crippen LogP) is 6.82. The van der Waals surface area contributed by atoms with Gasteiger partial charge in [-0.25, -0.2) is 0 Å². The van der Waals surface area contributed by atoms with Gasteiger partial charge in [0.1, 0.15) is 0 Å². The van der Waals surface area contributed by atoms with E-state index in [2.05, 4.69) is 66.7 Å². The Morgan fingerprint density at radius 3 is 2.48 bits per heavy atom. The maximum absolute atomic E-state index is 6.04. The Hall–Kier alpha value is -2.35. The van der Waals surface area contributed by atoms with E-state index in [0.717, 1.165) is 35.4 Å².